The van der Waals surface area contributed by atoms with Crippen LogP contribution in [0.4, 0.5) is 0 Å². The summed E-state index contributed by atoms with van der Waals surface area (Å²) in [4.78, 5) is 0. The number of thiocarbonyl (C=S) groups is 1. The van der Waals surface area contributed by atoms with Crippen LogP contribution in [0.3, 0.4) is 0 Å². The van der Waals surface area contributed by atoms with E-state index in [2.05, 4.69) is 24.8 Å². The zero-order valence-corrected chi connectivity index (χ0v) is 7.00. The number of hydrogen-bond acceptors (Lipinski definition) is 3. The monoisotopic (exact) mass is 166 g/mol. The molecule has 2 nitrogen and oxygen atoms in total. The highest BCUT2D eigenvalue weighted by Crippen LogP contribution is 1.86. The van der Waals surface area contributed by atoms with Crippen molar-refractivity contribution in [2.24, 2.45) is 0 Å². The predicted molar refractivity (Wildman–Crippen MR) is 44.0 cm³/mol. The van der Waals surface area contributed by atoms with Crippen molar-refractivity contribution < 1.29 is 9.47 Å². The Bertz CT molecular complexity index is 85.0. The first-order valence-electron chi connectivity index (χ1n) is 2.70. The van der Waals surface area contributed by atoms with Gasteiger partial charge in [0.1, 0.15) is 6.61 Å². The molecule has 0 aliphatic rings. The Hall–Kier alpha value is 0.200. The topological polar surface area (TPSA) is 18.5 Å². The molecule has 54 valence electrons. The molecule has 0 spiro atoms. The maximum Gasteiger partial charge on any atom is 0.216 e. The fourth-order valence-electron chi connectivity index (χ4n) is 0.332. The van der Waals surface area contributed by atoms with Crippen LogP contribution in [-0.2, 0) is 9.47 Å². The largest absolute Gasteiger partial charge is 0.476 e. The average Bonchev–Trinajstić information content (AvgIpc) is 1.80. The molecule has 0 fully saturated rings. The molecular weight excluding hydrogens is 156 g/mol. The first kappa shape index (κ1) is 9.20. The Balaban J connectivity index is 2.83. The molecule has 0 aromatic heterocycles. The maximum atomic E-state index is 4.97. The van der Waals surface area contributed by atoms with Crippen molar-refractivity contribution in [3.8, 4) is 0 Å². The van der Waals surface area contributed by atoms with Gasteiger partial charge in [-0.2, -0.15) is 0 Å². The van der Waals surface area contributed by atoms with Gasteiger partial charge < -0.3 is 9.47 Å². The second kappa shape index (κ2) is 6.32. The standard InChI is InChI=1S/C5H10O2S2/c1-2-6-3-4-7-5(8)9/h2-4H2,1H3,(H,8,9). The SMILES string of the molecule is CCOCCOC(=S)S. The predicted octanol–water partition coefficient (Wildman–Crippen LogP) is 1.25. The Labute approximate surface area is 65.9 Å². The van der Waals surface area contributed by atoms with Crippen molar-refractivity contribution in [2.45, 2.75) is 6.92 Å². The van der Waals surface area contributed by atoms with Crippen LogP contribution >= 0.6 is 24.8 Å². The van der Waals surface area contributed by atoms with Gasteiger partial charge >= 0.3 is 0 Å². The van der Waals surface area contributed by atoms with Crippen LogP contribution in [0.5, 0.6) is 0 Å². The zero-order chi connectivity index (χ0) is 7.11. The Morgan fingerprint density at radius 3 is 2.67 bits per heavy atom. The van der Waals surface area contributed by atoms with Crippen LogP contribution in [0.15, 0.2) is 0 Å². The Morgan fingerprint density at radius 1 is 1.56 bits per heavy atom. The third kappa shape index (κ3) is 8.20. The summed E-state index contributed by atoms with van der Waals surface area (Å²) >= 11 is 8.29. The van der Waals surface area contributed by atoms with Crippen molar-refractivity contribution in [1.29, 1.82) is 0 Å². The van der Waals surface area contributed by atoms with Gasteiger partial charge in [0, 0.05) is 6.61 Å². The summed E-state index contributed by atoms with van der Waals surface area (Å²) in [7, 11) is 0. The first-order valence-corrected chi connectivity index (χ1v) is 3.56. The lowest BCUT2D eigenvalue weighted by Gasteiger charge is -2.01. The molecule has 0 radical (unpaired) electrons. The molecule has 4 heteroatoms. The smallest absolute Gasteiger partial charge is 0.216 e. The number of ether oxygens (including phenoxy) is 2. The summed E-state index contributed by atoms with van der Waals surface area (Å²) < 4.78 is 10.1. The molecule has 0 bridgehead atoms. The lowest BCUT2D eigenvalue weighted by Crippen LogP contribution is -2.04. The molecule has 0 aromatic rings. The minimum absolute atomic E-state index is 0.273. The summed E-state index contributed by atoms with van der Waals surface area (Å²) in [5.74, 6) is 0. The van der Waals surface area contributed by atoms with E-state index in [0.717, 1.165) is 0 Å². The van der Waals surface area contributed by atoms with Gasteiger partial charge in [0.15, 0.2) is 0 Å². The molecule has 9 heavy (non-hydrogen) atoms. The quantitative estimate of drug-likeness (QED) is 0.385. The molecule has 0 aliphatic carbocycles. The van der Waals surface area contributed by atoms with Gasteiger partial charge in [-0.15, -0.1) is 0 Å². The zero-order valence-electron chi connectivity index (χ0n) is 5.29. The fourth-order valence-corrected chi connectivity index (χ4v) is 0.507. The summed E-state index contributed by atoms with van der Waals surface area (Å²) in [5, 5.41) is 0. The maximum absolute atomic E-state index is 4.97. The van der Waals surface area contributed by atoms with Gasteiger partial charge in [-0.05, 0) is 19.1 Å². The third-order valence-electron chi connectivity index (χ3n) is 0.657. The van der Waals surface area contributed by atoms with Gasteiger partial charge in [-0.3, -0.25) is 0 Å². The molecule has 0 saturated heterocycles. The van der Waals surface area contributed by atoms with E-state index < -0.39 is 0 Å². The molecular formula is C5H10O2S2. The lowest BCUT2D eigenvalue weighted by molar-refractivity contribution is 0.109. The van der Waals surface area contributed by atoms with Crippen LogP contribution in [0.25, 0.3) is 0 Å². The highest BCUT2D eigenvalue weighted by Gasteiger charge is 1.87. The summed E-state index contributed by atoms with van der Waals surface area (Å²) in [5.41, 5.74) is 0. The summed E-state index contributed by atoms with van der Waals surface area (Å²) in [6.07, 6.45) is 0. The third-order valence-corrected chi connectivity index (χ3v) is 0.904. The highest BCUT2D eigenvalue weighted by atomic mass is 32.1. The minimum Gasteiger partial charge on any atom is -0.476 e. The van der Waals surface area contributed by atoms with Crippen molar-refractivity contribution in [3.63, 3.8) is 0 Å². The van der Waals surface area contributed by atoms with Crippen LogP contribution < -0.4 is 0 Å². The second-order valence-electron chi connectivity index (χ2n) is 1.31. The van der Waals surface area contributed by atoms with Crippen molar-refractivity contribution in [3.05, 3.63) is 0 Å². The molecule has 0 rings (SSSR count). The minimum atomic E-state index is 0.273. The van der Waals surface area contributed by atoms with Crippen molar-refractivity contribution >= 4 is 29.2 Å². The van der Waals surface area contributed by atoms with Crippen LogP contribution in [0, 0.1) is 0 Å². The van der Waals surface area contributed by atoms with E-state index in [-0.39, 0.29) is 4.38 Å². The molecule has 0 amide bonds. The van der Waals surface area contributed by atoms with E-state index in [1.807, 2.05) is 6.92 Å². The van der Waals surface area contributed by atoms with E-state index >= 15 is 0 Å². The average molecular weight is 166 g/mol. The molecule has 0 heterocycles. The van der Waals surface area contributed by atoms with E-state index in [1.54, 1.807) is 0 Å². The number of hydrogen-bond donors (Lipinski definition) is 1. The van der Waals surface area contributed by atoms with Crippen LogP contribution in [-0.4, -0.2) is 24.2 Å². The molecule has 0 N–H and O–H groups in total. The van der Waals surface area contributed by atoms with Crippen molar-refractivity contribution in [2.75, 3.05) is 19.8 Å². The molecule has 0 saturated carbocycles. The Morgan fingerprint density at radius 2 is 2.22 bits per heavy atom. The summed E-state index contributed by atoms with van der Waals surface area (Å²) in [6.45, 7) is 3.72. The normalized spacial score (nSPS) is 9.11. The van der Waals surface area contributed by atoms with E-state index in [4.69, 9.17) is 9.47 Å². The molecule has 0 aliphatic heterocycles. The lowest BCUT2D eigenvalue weighted by atomic mass is 10.7. The van der Waals surface area contributed by atoms with Gasteiger partial charge in [0.25, 0.3) is 0 Å². The van der Waals surface area contributed by atoms with Gasteiger partial charge in [0.05, 0.1) is 6.61 Å². The Kier molecular flexibility index (Phi) is 6.46. The van der Waals surface area contributed by atoms with Crippen LogP contribution in [0.1, 0.15) is 6.92 Å². The van der Waals surface area contributed by atoms with E-state index in [1.165, 1.54) is 0 Å². The fraction of sp³-hybridized carbons (Fsp3) is 0.800. The molecule has 0 unspecified atom stereocenters. The second-order valence-corrected chi connectivity index (χ2v) is 2.39. The molecule has 0 aromatic carbocycles. The summed E-state index contributed by atoms with van der Waals surface area (Å²) in [6, 6.07) is 0. The first-order chi connectivity index (χ1) is 4.27. The van der Waals surface area contributed by atoms with Crippen LogP contribution in [0.2, 0.25) is 0 Å². The van der Waals surface area contributed by atoms with Crippen molar-refractivity contribution in [1.82, 2.24) is 0 Å². The highest BCUT2D eigenvalue weighted by molar-refractivity contribution is 8.10. The van der Waals surface area contributed by atoms with Gasteiger partial charge in [0.2, 0.25) is 4.38 Å². The van der Waals surface area contributed by atoms with E-state index in [0.29, 0.717) is 19.8 Å². The number of rotatable bonds is 4. The van der Waals surface area contributed by atoms with E-state index in [9.17, 15) is 0 Å². The van der Waals surface area contributed by atoms with Gasteiger partial charge in [-0.1, -0.05) is 12.6 Å². The van der Waals surface area contributed by atoms with Gasteiger partial charge in [-0.25, -0.2) is 0 Å². The molecule has 0 atom stereocenters. The number of thiol groups is 1.